The van der Waals surface area contributed by atoms with Gasteiger partial charge in [-0.1, -0.05) is 0 Å². The van der Waals surface area contributed by atoms with Crippen LogP contribution in [0, 0.1) is 0 Å². The van der Waals surface area contributed by atoms with Crippen molar-refractivity contribution >= 4 is 28.3 Å². The number of aromatic nitrogens is 3. The molecule has 0 unspecified atom stereocenters. The van der Waals surface area contributed by atoms with Crippen molar-refractivity contribution in [2.75, 3.05) is 17.6 Å². The number of carbonyl (C=O) groups is 1. The molecule has 0 radical (unpaired) electrons. The molecule has 0 bridgehead atoms. The molecule has 0 aliphatic heterocycles. The molecule has 1 saturated carbocycles. The largest absolute Gasteiger partial charge is 0.382 e. The molecule has 1 aliphatic rings. The number of carbonyl (C=O) groups excluding carboxylic acids is 1. The van der Waals surface area contributed by atoms with Crippen molar-refractivity contribution in [3.05, 3.63) is 24.3 Å². The fourth-order valence-corrected chi connectivity index (χ4v) is 2.75. The molecule has 8 heteroatoms. The lowest BCUT2D eigenvalue weighted by Crippen LogP contribution is -2.26. The molecule has 2 aromatic rings. The van der Waals surface area contributed by atoms with Gasteiger partial charge in [0.2, 0.25) is 0 Å². The minimum atomic E-state index is -0.124. The predicted molar refractivity (Wildman–Crippen MR) is 82.3 cm³/mol. The Morgan fingerprint density at radius 3 is 3.10 bits per heavy atom. The first-order chi connectivity index (χ1) is 10.2. The van der Waals surface area contributed by atoms with Crippen molar-refractivity contribution in [2.24, 2.45) is 0 Å². The fourth-order valence-electron chi connectivity index (χ4n) is 2.01. The molecular weight excluding hydrogens is 288 g/mol. The summed E-state index contributed by atoms with van der Waals surface area (Å²) < 4.78 is 6.09. The number of rotatable bonds is 7. The molecule has 1 fully saturated rings. The molecular formula is C13H18N6OS. The lowest BCUT2D eigenvalue weighted by molar-refractivity contribution is 0.0953. The van der Waals surface area contributed by atoms with Crippen molar-refractivity contribution in [3.63, 3.8) is 0 Å². The van der Waals surface area contributed by atoms with Gasteiger partial charge in [-0.25, -0.2) is 4.98 Å². The first-order valence-electron chi connectivity index (χ1n) is 6.99. The number of nitrogens with one attached hydrogen (secondary N) is 2. The second kappa shape index (κ2) is 6.13. The number of hydrogen-bond acceptors (Lipinski definition) is 6. The highest BCUT2D eigenvalue weighted by Gasteiger charge is 2.27. The third-order valence-electron chi connectivity index (χ3n) is 3.30. The van der Waals surface area contributed by atoms with E-state index in [1.54, 1.807) is 12.5 Å². The maximum Gasteiger partial charge on any atom is 0.258 e. The molecule has 7 nitrogen and oxygen atoms in total. The van der Waals surface area contributed by atoms with Crippen LogP contribution in [0.2, 0.25) is 0 Å². The number of nitrogens with two attached hydrogens (primary N) is 1. The summed E-state index contributed by atoms with van der Waals surface area (Å²) in [6.45, 7) is 1.63. The van der Waals surface area contributed by atoms with Crippen LogP contribution in [0.1, 0.15) is 29.6 Å². The molecule has 1 aliphatic carbocycles. The monoisotopic (exact) mass is 306 g/mol. The van der Waals surface area contributed by atoms with E-state index in [1.165, 1.54) is 11.5 Å². The van der Waals surface area contributed by atoms with Crippen LogP contribution in [0.3, 0.4) is 0 Å². The lowest BCUT2D eigenvalue weighted by atomic mass is 10.3. The molecule has 3 rings (SSSR count). The third-order valence-corrected chi connectivity index (χ3v) is 4.11. The van der Waals surface area contributed by atoms with Crippen LogP contribution in [-0.2, 0) is 6.54 Å². The lowest BCUT2D eigenvalue weighted by Gasteiger charge is -2.08. The van der Waals surface area contributed by atoms with E-state index in [9.17, 15) is 4.79 Å². The van der Waals surface area contributed by atoms with E-state index in [4.69, 9.17) is 5.73 Å². The Kier molecular flexibility index (Phi) is 4.05. The van der Waals surface area contributed by atoms with Gasteiger partial charge in [0.1, 0.15) is 10.6 Å². The second-order valence-electron chi connectivity index (χ2n) is 5.10. The van der Waals surface area contributed by atoms with Gasteiger partial charge < -0.3 is 20.9 Å². The van der Waals surface area contributed by atoms with E-state index in [-0.39, 0.29) is 5.91 Å². The molecule has 112 valence electrons. The van der Waals surface area contributed by atoms with Crippen LogP contribution in [0.15, 0.2) is 18.7 Å². The first kappa shape index (κ1) is 13.9. The Morgan fingerprint density at radius 2 is 2.38 bits per heavy atom. The van der Waals surface area contributed by atoms with Crippen LogP contribution in [0.25, 0.3) is 0 Å². The van der Waals surface area contributed by atoms with Crippen LogP contribution in [0.5, 0.6) is 0 Å². The highest BCUT2D eigenvalue weighted by atomic mass is 32.1. The van der Waals surface area contributed by atoms with Gasteiger partial charge in [-0.3, -0.25) is 4.79 Å². The van der Waals surface area contributed by atoms with Crippen molar-refractivity contribution < 1.29 is 4.79 Å². The number of hydrogen-bond donors (Lipinski definition) is 3. The number of nitrogens with zero attached hydrogens (tertiary/aromatic N) is 3. The van der Waals surface area contributed by atoms with Crippen LogP contribution in [-0.4, -0.2) is 32.4 Å². The van der Waals surface area contributed by atoms with Crippen molar-refractivity contribution in [2.45, 2.75) is 31.8 Å². The number of nitrogen functional groups attached to an aromatic ring is 1. The summed E-state index contributed by atoms with van der Waals surface area (Å²) in [6, 6.07) is 0.311. The highest BCUT2D eigenvalue weighted by Crippen LogP contribution is 2.28. The summed E-state index contributed by atoms with van der Waals surface area (Å²) in [5.41, 5.74) is 6.29. The standard InChI is InChI=1S/C13H18N6OS/c14-11-10(12(20)17-9-2-3-9)13(21-18-11)16-4-1-6-19-7-5-15-8-19/h5,7-9,16H,1-4,6H2,(H2,14,18)(H,17,20). The van der Waals surface area contributed by atoms with Gasteiger partial charge in [-0.05, 0) is 30.8 Å². The summed E-state index contributed by atoms with van der Waals surface area (Å²) in [5.74, 6) is 0.177. The minimum Gasteiger partial charge on any atom is -0.382 e. The van der Waals surface area contributed by atoms with E-state index in [0.29, 0.717) is 17.4 Å². The van der Waals surface area contributed by atoms with Crippen molar-refractivity contribution in [1.29, 1.82) is 0 Å². The molecule has 2 heterocycles. The number of amides is 1. The van der Waals surface area contributed by atoms with Crippen molar-refractivity contribution in [1.82, 2.24) is 19.2 Å². The fraction of sp³-hybridized carbons (Fsp3) is 0.462. The summed E-state index contributed by atoms with van der Waals surface area (Å²) in [4.78, 5) is 16.1. The molecule has 0 atom stereocenters. The summed E-state index contributed by atoms with van der Waals surface area (Å²) in [7, 11) is 0. The maximum absolute atomic E-state index is 12.1. The quantitative estimate of drug-likeness (QED) is 0.670. The van der Waals surface area contributed by atoms with E-state index in [1.807, 2.05) is 10.8 Å². The first-order valence-corrected chi connectivity index (χ1v) is 7.77. The molecule has 2 aromatic heterocycles. The Morgan fingerprint density at radius 1 is 1.52 bits per heavy atom. The number of anilines is 2. The zero-order valence-corrected chi connectivity index (χ0v) is 12.4. The van der Waals surface area contributed by atoms with E-state index in [2.05, 4.69) is 20.0 Å². The Bertz CT molecular complexity index is 604. The Labute approximate surface area is 126 Å². The molecule has 0 saturated heterocycles. The smallest absolute Gasteiger partial charge is 0.258 e. The van der Waals surface area contributed by atoms with Crippen molar-refractivity contribution in [3.8, 4) is 0 Å². The van der Waals surface area contributed by atoms with Gasteiger partial charge in [0.15, 0.2) is 5.82 Å². The van der Waals surface area contributed by atoms with Crippen LogP contribution >= 0.6 is 11.5 Å². The Hall–Kier alpha value is -2.09. The van der Waals surface area contributed by atoms with Gasteiger partial charge in [0, 0.05) is 31.5 Å². The van der Waals surface area contributed by atoms with Gasteiger partial charge in [0.25, 0.3) is 5.91 Å². The zero-order valence-electron chi connectivity index (χ0n) is 11.6. The SMILES string of the molecule is Nc1nsc(NCCCn2ccnc2)c1C(=O)NC1CC1. The second-order valence-corrected chi connectivity index (χ2v) is 5.87. The third kappa shape index (κ3) is 3.52. The molecule has 1 amide bonds. The average Bonchev–Trinajstić information content (AvgIpc) is 2.99. The van der Waals surface area contributed by atoms with E-state index in [0.717, 1.165) is 37.4 Å². The summed E-state index contributed by atoms with van der Waals surface area (Å²) in [6.07, 6.45) is 8.52. The minimum absolute atomic E-state index is 0.124. The Balaban J connectivity index is 1.53. The molecule has 4 N–H and O–H groups in total. The van der Waals surface area contributed by atoms with E-state index >= 15 is 0 Å². The average molecular weight is 306 g/mol. The van der Waals surface area contributed by atoms with Crippen LogP contribution < -0.4 is 16.4 Å². The maximum atomic E-state index is 12.1. The van der Waals surface area contributed by atoms with E-state index < -0.39 is 0 Å². The molecule has 21 heavy (non-hydrogen) atoms. The molecule has 0 spiro atoms. The van der Waals surface area contributed by atoms with Gasteiger partial charge in [-0.15, -0.1) is 0 Å². The summed E-state index contributed by atoms with van der Waals surface area (Å²) in [5, 5.41) is 6.94. The predicted octanol–water partition coefficient (Wildman–Crippen LogP) is 1.32. The topological polar surface area (TPSA) is 97.9 Å². The number of aryl methyl sites for hydroxylation is 1. The zero-order chi connectivity index (χ0) is 14.7. The number of imidazole rings is 1. The van der Waals surface area contributed by atoms with Gasteiger partial charge in [-0.2, -0.15) is 4.37 Å². The van der Waals surface area contributed by atoms with Gasteiger partial charge in [0.05, 0.1) is 6.33 Å². The normalized spacial score (nSPS) is 14.1. The highest BCUT2D eigenvalue weighted by molar-refractivity contribution is 7.11. The molecule has 0 aromatic carbocycles. The van der Waals surface area contributed by atoms with Gasteiger partial charge >= 0.3 is 0 Å². The van der Waals surface area contributed by atoms with Crippen LogP contribution in [0.4, 0.5) is 10.8 Å². The summed E-state index contributed by atoms with van der Waals surface area (Å²) >= 11 is 1.23.